The van der Waals surface area contributed by atoms with Gasteiger partial charge in [0.15, 0.2) is 17.5 Å². The monoisotopic (exact) mass is 751 g/mol. The summed E-state index contributed by atoms with van der Waals surface area (Å²) in [6.07, 6.45) is 0. The third-order valence-corrected chi connectivity index (χ3v) is 11.7. The maximum absolute atomic E-state index is 7.04. The Bertz CT molecular complexity index is 3560. The molecule has 2 aromatic heterocycles. The van der Waals surface area contributed by atoms with Crippen LogP contribution < -0.4 is 0 Å². The van der Waals surface area contributed by atoms with Crippen molar-refractivity contribution in [3.05, 3.63) is 200 Å². The first-order valence-electron chi connectivity index (χ1n) is 19.9. The Morgan fingerprint density at radius 3 is 1.44 bits per heavy atom. The minimum Gasteiger partial charge on any atom is -0.455 e. The molecule has 0 amide bonds. The number of rotatable bonds is 5. The molecule has 0 aliphatic carbocycles. The van der Waals surface area contributed by atoms with E-state index in [0.29, 0.717) is 17.5 Å². The van der Waals surface area contributed by atoms with Gasteiger partial charge in [-0.05, 0) is 72.6 Å². The second-order valence-corrected chi connectivity index (χ2v) is 15.1. The van der Waals surface area contributed by atoms with Crippen LogP contribution in [-0.2, 0) is 0 Å². The summed E-state index contributed by atoms with van der Waals surface area (Å²) in [5.41, 5.74) is 9.01. The van der Waals surface area contributed by atoms with Crippen LogP contribution in [0.25, 0.3) is 121 Å². The molecular formula is C55H33N3O. The van der Waals surface area contributed by atoms with Gasteiger partial charge in [-0.1, -0.05) is 182 Å². The average molecular weight is 752 g/mol. The molecule has 12 rings (SSSR count). The number of benzene rings is 10. The van der Waals surface area contributed by atoms with Crippen LogP contribution in [0.5, 0.6) is 0 Å². The molecule has 2 heterocycles. The van der Waals surface area contributed by atoms with Crippen LogP contribution in [0.1, 0.15) is 0 Å². The number of furan rings is 1. The second-order valence-electron chi connectivity index (χ2n) is 15.1. The number of hydrogen-bond donors (Lipinski definition) is 0. The van der Waals surface area contributed by atoms with E-state index in [1.54, 1.807) is 0 Å². The molecule has 12 aromatic rings. The highest BCUT2D eigenvalue weighted by atomic mass is 16.3. The molecule has 0 radical (unpaired) electrons. The van der Waals surface area contributed by atoms with E-state index in [4.69, 9.17) is 19.4 Å². The molecule has 4 nitrogen and oxygen atoms in total. The standard InChI is InChI=1S/C55H33N3O/c1-3-14-34(15-4-1)35-26-28-37(29-27-35)54-56-53(36-16-5-2-6-17-36)57-55(58-54)40-20-13-19-39(32-40)49-41-21-8-7-18-38(41)33-48-51(49)47-31-30-46-44-24-10-9-22-42(44)43-23-11-12-25-45(43)50(46)52(47)59-48/h1-33H. The Balaban J connectivity index is 1.08. The fourth-order valence-electron chi connectivity index (χ4n) is 8.95. The molecular weight excluding hydrogens is 719 g/mol. The lowest BCUT2D eigenvalue weighted by molar-refractivity contribution is 0.673. The molecule has 4 heteroatoms. The zero-order valence-electron chi connectivity index (χ0n) is 31.8. The Morgan fingerprint density at radius 2 is 0.746 bits per heavy atom. The van der Waals surface area contributed by atoms with Crippen LogP contribution in [-0.4, -0.2) is 15.0 Å². The Hall–Kier alpha value is -7.95. The minimum atomic E-state index is 0.612. The van der Waals surface area contributed by atoms with Gasteiger partial charge in [0.25, 0.3) is 0 Å². The fourth-order valence-corrected chi connectivity index (χ4v) is 8.95. The highest BCUT2D eigenvalue weighted by Crippen LogP contribution is 2.46. The van der Waals surface area contributed by atoms with Gasteiger partial charge >= 0.3 is 0 Å². The molecule has 0 saturated heterocycles. The van der Waals surface area contributed by atoms with Crippen molar-refractivity contribution in [2.45, 2.75) is 0 Å². The van der Waals surface area contributed by atoms with Gasteiger partial charge in [0.05, 0.1) is 0 Å². The number of nitrogens with zero attached hydrogens (tertiary/aromatic N) is 3. The van der Waals surface area contributed by atoms with E-state index in [-0.39, 0.29) is 0 Å². The quantitative estimate of drug-likeness (QED) is 0.164. The average Bonchev–Trinajstić information content (AvgIpc) is 3.69. The third-order valence-electron chi connectivity index (χ3n) is 11.7. The van der Waals surface area contributed by atoms with E-state index < -0.39 is 0 Å². The zero-order valence-corrected chi connectivity index (χ0v) is 31.8. The molecule has 0 fully saturated rings. The Labute approximate surface area is 339 Å². The van der Waals surface area contributed by atoms with Crippen molar-refractivity contribution in [2.75, 3.05) is 0 Å². The lowest BCUT2D eigenvalue weighted by Crippen LogP contribution is -2.00. The van der Waals surface area contributed by atoms with Crippen molar-refractivity contribution >= 4 is 65.0 Å². The van der Waals surface area contributed by atoms with Gasteiger partial charge < -0.3 is 4.42 Å². The minimum absolute atomic E-state index is 0.612. The largest absolute Gasteiger partial charge is 0.455 e. The van der Waals surface area contributed by atoms with Gasteiger partial charge in [-0.2, -0.15) is 0 Å². The summed E-state index contributed by atoms with van der Waals surface area (Å²) < 4.78 is 7.04. The predicted molar refractivity (Wildman–Crippen MR) is 244 cm³/mol. The molecule has 0 N–H and O–H groups in total. The molecule has 0 atom stereocenters. The van der Waals surface area contributed by atoms with Crippen LogP contribution in [0, 0.1) is 0 Å². The van der Waals surface area contributed by atoms with Crippen molar-refractivity contribution in [1.29, 1.82) is 0 Å². The maximum atomic E-state index is 7.04. The van der Waals surface area contributed by atoms with E-state index >= 15 is 0 Å². The Kier molecular flexibility index (Phi) is 7.50. The molecule has 0 unspecified atom stereocenters. The van der Waals surface area contributed by atoms with Gasteiger partial charge in [0.1, 0.15) is 11.2 Å². The van der Waals surface area contributed by atoms with Gasteiger partial charge in [-0.15, -0.1) is 0 Å². The van der Waals surface area contributed by atoms with E-state index in [1.165, 1.54) is 32.5 Å². The van der Waals surface area contributed by atoms with Crippen molar-refractivity contribution in [1.82, 2.24) is 15.0 Å². The molecule has 0 spiro atoms. The molecule has 0 aliphatic rings. The van der Waals surface area contributed by atoms with E-state index in [2.05, 4.69) is 164 Å². The van der Waals surface area contributed by atoms with Crippen LogP contribution in [0.4, 0.5) is 0 Å². The Morgan fingerprint density at radius 1 is 0.288 bits per heavy atom. The highest BCUT2D eigenvalue weighted by molar-refractivity contribution is 6.33. The zero-order chi connectivity index (χ0) is 38.9. The van der Waals surface area contributed by atoms with Crippen molar-refractivity contribution < 1.29 is 4.42 Å². The van der Waals surface area contributed by atoms with Crippen molar-refractivity contribution in [3.63, 3.8) is 0 Å². The van der Waals surface area contributed by atoms with Gasteiger partial charge in [-0.25, -0.2) is 15.0 Å². The lowest BCUT2D eigenvalue weighted by atomic mass is 9.90. The highest BCUT2D eigenvalue weighted by Gasteiger charge is 2.21. The van der Waals surface area contributed by atoms with Gasteiger partial charge in [0.2, 0.25) is 0 Å². The fraction of sp³-hybridized carbons (Fsp3) is 0. The summed E-state index contributed by atoms with van der Waals surface area (Å²) in [5, 5.41) is 11.7. The predicted octanol–water partition coefficient (Wildman–Crippen LogP) is 14.7. The summed E-state index contributed by atoms with van der Waals surface area (Å²) in [7, 11) is 0. The van der Waals surface area contributed by atoms with Crippen molar-refractivity contribution in [2.24, 2.45) is 0 Å². The maximum Gasteiger partial charge on any atom is 0.164 e. The first-order chi connectivity index (χ1) is 29.2. The summed E-state index contributed by atoms with van der Waals surface area (Å²) in [6, 6.07) is 70.3. The smallest absolute Gasteiger partial charge is 0.164 e. The summed E-state index contributed by atoms with van der Waals surface area (Å²) >= 11 is 0. The molecule has 0 bridgehead atoms. The van der Waals surface area contributed by atoms with Crippen LogP contribution in [0.2, 0.25) is 0 Å². The summed E-state index contributed by atoms with van der Waals surface area (Å²) in [5.74, 6) is 1.86. The first kappa shape index (κ1) is 33.2. The molecule has 10 aromatic carbocycles. The normalized spacial score (nSPS) is 11.7. The third kappa shape index (κ3) is 5.42. The van der Waals surface area contributed by atoms with Crippen LogP contribution in [0.15, 0.2) is 205 Å². The topological polar surface area (TPSA) is 51.8 Å². The van der Waals surface area contributed by atoms with E-state index in [0.717, 1.165) is 71.5 Å². The summed E-state index contributed by atoms with van der Waals surface area (Å²) in [4.78, 5) is 15.3. The number of fused-ring (bicyclic) bond motifs is 11. The van der Waals surface area contributed by atoms with E-state index in [9.17, 15) is 0 Å². The molecule has 274 valence electrons. The lowest BCUT2D eigenvalue weighted by Gasteiger charge is -2.12. The molecule has 59 heavy (non-hydrogen) atoms. The second kappa shape index (κ2) is 13.3. The summed E-state index contributed by atoms with van der Waals surface area (Å²) in [6.45, 7) is 0. The van der Waals surface area contributed by atoms with E-state index in [1.807, 2.05) is 36.4 Å². The van der Waals surface area contributed by atoms with Gasteiger partial charge in [0, 0.05) is 38.4 Å². The van der Waals surface area contributed by atoms with Crippen LogP contribution in [0.3, 0.4) is 0 Å². The molecule has 0 saturated carbocycles. The number of hydrogen-bond acceptors (Lipinski definition) is 4. The SMILES string of the molecule is c1ccc(-c2ccc(-c3nc(-c4ccccc4)nc(-c4cccc(-c5c6ccccc6cc6oc7c(ccc8c9ccccc9c9ccccc9c87)c56)c4)n3)cc2)cc1. The van der Waals surface area contributed by atoms with Crippen molar-refractivity contribution in [3.8, 4) is 56.4 Å². The molecule has 0 aliphatic heterocycles. The first-order valence-corrected chi connectivity index (χ1v) is 19.9. The van der Waals surface area contributed by atoms with Crippen LogP contribution >= 0.6 is 0 Å². The van der Waals surface area contributed by atoms with Gasteiger partial charge in [-0.3, -0.25) is 0 Å². The number of aromatic nitrogens is 3.